The minimum atomic E-state index is -0.213. The average molecular weight is 299 g/mol. The summed E-state index contributed by atoms with van der Waals surface area (Å²) >= 11 is 3.44. The molecule has 0 heterocycles. The first-order valence-electron chi connectivity index (χ1n) is 6.22. The summed E-state index contributed by atoms with van der Waals surface area (Å²) < 4.78 is 7.03. The molecule has 2 unspecified atom stereocenters. The number of ether oxygens (including phenoxy) is 1. The van der Waals surface area contributed by atoms with Gasteiger partial charge in [-0.2, -0.15) is 0 Å². The van der Waals surface area contributed by atoms with Crippen molar-refractivity contribution < 1.29 is 9.84 Å². The zero-order valence-corrected chi connectivity index (χ0v) is 11.9. The monoisotopic (exact) mass is 298 g/mol. The lowest BCUT2D eigenvalue weighted by Gasteiger charge is -2.52. The fraction of sp³-hybridized carbons (Fsp3) is 0.571. The van der Waals surface area contributed by atoms with Gasteiger partial charge in [-0.25, -0.2) is 0 Å². The number of rotatable bonds is 4. The van der Waals surface area contributed by atoms with Gasteiger partial charge in [0.15, 0.2) is 0 Å². The van der Waals surface area contributed by atoms with E-state index >= 15 is 0 Å². The molecule has 1 saturated carbocycles. The highest BCUT2D eigenvalue weighted by Crippen LogP contribution is 2.48. The van der Waals surface area contributed by atoms with E-state index in [1.807, 2.05) is 24.3 Å². The maximum atomic E-state index is 9.97. The van der Waals surface area contributed by atoms with Crippen LogP contribution in [-0.4, -0.2) is 17.3 Å². The normalized spacial score (nSPS) is 26.4. The number of hydrogen-bond acceptors (Lipinski definition) is 2. The van der Waals surface area contributed by atoms with Crippen LogP contribution >= 0.6 is 15.9 Å². The second-order valence-corrected chi connectivity index (χ2v) is 5.67. The van der Waals surface area contributed by atoms with Crippen molar-refractivity contribution in [1.82, 2.24) is 0 Å². The minimum absolute atomic E-state index is 0.0533. The van der Waals surface area contributed by atoms with Crippen LogP contribution in [0, 0.1) is 5.41 Å². The summed E-state index contributed by atoms with van der Waals surface area (Å²) in [7, 11) is 0. The van der Waals surface area contributed by atoms with Crippen LogP contribution in [0.4, 0.5) is 0 Å². The molecule has 1 N–H and O–H groups in total. The van der Waals surface area contributed by atoms with Crippen molar-refractivity contribution in [3.05, 3.63) is 28.7 Å². The quantitative estimate of drug-likeness (QED) is 0.917. The van der Waals surface area contributed by atoms with Gasteiger partial charge in [0.25, 0.3) is 0 Å². The third-order valence-corrected chi connectivity index (χ3v) is 4.63. The molecule has 1 aromatic rings. The number of aliphatic hydroxyl groups excluding tert-OH is 1. The number of hydrogen-bond donors (Lipinski definition) is 1. The van der Waals surface area contributed by atoms with Crippen LogP contribution < -0.4 is 4.74 Å². The van der Waals surface area contributed by atoms with E-state index in [0.29, 0.717) is 0 Å². The molecule has 1 aliphatic rings. The van der Waals surface area contributed by atoms with Crippen molar-refractivity contribution in [2.45, 2.75) is 45.3 Å². The third-order valence-electron chi connectivity index (χ3n) is 4.13. The van der Waals surface area contributed by atoms with Crippen LogP contribution in [0.15, 0.2) is 28.7 Å². The lowest BCUT2D eigenvalue weighted by molar-refractivity contribution is -0.159. The van der Waals surface area contributed by atoms with E-state index in [2.05, 4.69) is 29.8 Å². The summed E-state index contributed by atoms with van der Waals surface area (Å²) in [5.74, 6) is 0.877. The first-order chi connectivity index (χ1) is 8.12. The molecular weight excluding hydrogens is 280 g/mol. The Morgan fingerprint density at radius 1 is 1.41 bits per heavy atom. The Morgan fingerprint density at radius 3 is 2.65 bits per heavy atom. The number of aliphatic hydroxyl groups is 1. The van der Waals surface area contributed by atoms with E-state index in [1.165, 1.54) is 0 Å². The molecule has 0 bridgehead atoms. The molecule has 0 aromatic heterocycles. The molecule has 1 aliphatic carbocycles. The Morgan fingerprint density at radius 2 is 2.12 bits per heavy atom. The number of benzene rings is 1. The van der Waals surface area contributed by atoms with Crippen molar-refractivity contribution in [3.8, 4) is 5.75 Å². The Labute approximate surface area is 111 Å². The fourth-order valence-corrected chi connectivity index (χ4v) is 3.15. The third kappa shape index (κ3) is 2.23. The summed E-state index contributed by atoms with van der Waals surface area (Å²) in [5, 5.41) is 9.97. The standard InChI is InChI=1S/C14H19BrO2/c1-3-14(4-2)12(16)9-13(14)17-11-7-5-6-10(15)8-11/h5-8,12-13,16H,3-4,9H2,1-2H3. The SMILES string of the molecule is CCC1(CC)C(O)CC1Oc1cccc(Br)c1. The van der Waals surface area contributed by atoms with Crippen molar-refractivity contribution in [2.24, 2.45) is 5.41 Å². The van der Waals surface area contributed by atoms with Crippen LogP contribution in [0.5, 0.6) is 5.75 Å². The van der Waals surface area contributed by atoms with E-state index in [-0.39, 0.29) is 17.6 Å². The first kappa shape index (κ1) is 12.9. The molecule has 1 fully saturated rings. The zero-order valence-electron chi connectivity index (χ0n) is 10.3. The van der Waals surface area contributed by atoms with Crippen LogP contribution in [-0.2, 0) is 0 Å². The highest BCUT2D eigenvalue weighted by atomic mass is 79.9. The molecule has 0 radical (unpaired) electrons. The van der Waals surface area contributed by atoms with Crippen molar-refractivity contribution in [3.63, 3.8) is 0 Å². The lowest BCUT2D eigenvalue weighted by atomic mass is 9.60. The van der Waals surface area contributed by atoms with E-state index in [9.17, 15) is 5.11 Å². The largest absolute Gasteiger partial charge is 0.490 e. The molecule has 0 aliphatic heterocycles. The maximum Gasteiger partial charge on any atom is 0.120 e. The maximum absolute atomic E-state index is 9.97. The number of halogens is 1. The van der Waals surface area contributed by atoms with Gasteiger partial charge >= 0.3 is 0 Å². The van der Waals surface area contributed by atoms with Gasteiger partial charge in [-0.3, -0.25) is 0 Å². The van der Waals surface area contributed by atoms with Gasteiger partial charge in [-0.05, 0) is 31.0 Å². The van der Waals surface area contributed by atoms with Gasteiger partial charge in [-0.15, -0.1) is 0 Å². The molecule has 0 saturated heterocycles. The second-order valence-electron chi connectivity index (χ2n) is 4.76. The van der Waals surface area contributed by atoms with Gasteiger partial charge in [0, 0.05) is 16.3 Å². The highest BCUT2D eigenvalue weighted by molar-refractivity contribution is 9.10. The summed E-state index contributed by atoms with van der Waals surface area (Å²) in [6, 6.07) is 7.88. The molecular formula is C14H19BrO2. The molecule has 2 rings (SSSR count). The first-order valence-corrected chi connectivity index (χ1v) is 7.02. The van der Waals surface area contributed by atoms with E-state index in [1.54, 1.807) is 0 Å². The van der Waals surface area contributed by atoms with E-state index in [0.717, 1.165) is 29.5 Å². The topological polar surface area (TPSA) is 29.5 Å². The van der Waals surface area contributed by atoms with E-state index < -0.39 is 0 Å². The van der Waals surface area contributed by atoms with Gasteiger partial charge in [0.1, 0.15) is 11.9 Å². The van der Waals surface area contributed by atoms with Crippen molar-refractivity contribution in [1.29, 1.82) is 0 Å². The highest BCUT2D eigenvalue weighted by Gasteiger charge is 2.53. The van der Waals surface area contributed by atoms with Crippen LogP contribution in [0.1, 0.15) is 33.1 Å². The fourth-order valence-electron chi connectivity index (χ4n) is 2.77. The smallest absolute Gasteiger partial charge is 0.120 e. The average Bonchev–Trinajstić information content (AvgIpc) is 2.30. The second kappa shape index (κ2) is 4.99. The lowest BCUT2D eigenvalue weighted by Crippen LogP contribution is -2.59. The molecule has 3 heteroatoms. The summed E-state index contributed by atoms with van der Waals surface area (Å²) in [6.07, 6.45) is 2.59. The van der Waals surface area contributed by atoms with Crippen LogP contribution in [0.25, 0.3) is 0 Å². The zero-order chi connectivity index (χ0) is 12.5. The molecule has 2 nitrogen and oxygen atoms in total. The predicted molar refractivity (Wildman–Crippen MR) is 72.2 cm³/mol. The summed E-state index contributed by atoms with van der Waals surface area (Å²) in [6.45, 7) is 4.26. The Bertz CT molecular complexity index is 388. The van der Waals surface area contributed by atoms with Crippen molar-refractivity contribution >= 4 is 15.9 Å². The van der Waals surface area contributed by atoms with E-state index in [4.69, 9.17) is 4.74 Å². The summed E-state index contributed by atoms with van der Waals surface area (Å²) in [5.41, 5.74) is -0.0533. The van der Waals surface area contributed by atoms with Crippen LogP contribution in [0.2, 0.25) is 0 Å². The molecule has 2 atom stereocenters. The van der Waals surface area contributed by atoms with Crippen LogP contribution in [0.3, 0.4) is 0 Å². The summed E-state index contributed by atoms with van der Waals surface area (Å²) in [4.78, 5) is 0. The molecule has 17 heavy (non-hydrogen) atoms. The Kier molecular flexibility index (Phi) is 3.79. The van der Waals surface area contributed by atoms with Gasteiger partial charge in [0.05, 0.1) is 6.10 Å². The molecule has 1 aromatic carbocycles. The molecule has 0 amide bonds. The van der Waals surface area contributed by atoms with Gasteiger partial charge in [0.2, 0.25) is 0 Å². The Hall–Kier alpha value is -0.540. The van der Waals surface area contributed by atoms with Gasteiger partial charge < -0.3 is 9.84 Å². The van der Waals surface area contributed by atoms with Crippen molar-refractivity contribution in [2.75, 3.05) is 0 Å². The molecule has 94 valence electrons. The minimum Gasteiger partial charge on any atom is -0.490 e. The molecule has 0 spiro atoms. The predicted octanol–water partition coefficient (Wildman–Crippen LogP) is 3.77. The Balaban J connectivity index is 2.10. The van der Waals surface area contributed by atoms with Gasteiger partial charge in [-0.1, -0.05) is 35.8 Å².